The lowest BCUT2D eigenvalue weighted by molar-refractivity contribution is -0.109. The summed E-state index contributed by atoms with van der Waals surface area (Å²) in [5.41, 5.74) is 1.44. The normalized spacial score (nSPS) is 32.9. The van der Waals surface area contributed by atoms with Crippen LogP contribution >= 0.6 is 0 Å². The maximum absolute atomic E-state index is 10.6. The first-order chi connectivity index (χ1) is 5.77. The number of benzene rings is 1. The van der Waals surface area contributed by atoms with Gasteiger partial charge in [0.05, 0.1) is 0 Å². The van der Waals surface area contributed by atoms with E-state index in [-0.39, 0.29) is 11.3 Å². The Morgan fingerprint density at radius 1 is 1.42 bits per heavy atom. The van der Waals surface area contributed by atoms with Crippen LogP contribution in [-0.2, 0) is 10.2 Å². The number of rotatable bonds is 2. The van der Waals surface area contributed by atoms with Crippen molar-refractivity contribution in [3.63, 3.8) is 0 Å². The molecule has 0 amide bonds. The third-order valence-corrected chi connectivity index (χ3v) is 2.90. The minimum absolute atomic E-state index is 0.142. The summed E-state index contributed by atoms with van der Waals surface area (Å²) in [5, 5.41) is 0. The smallest absolute Gasteiger partial charge is 0.123 e. The average Bonchev–Trinajstić information content (AvgIpc) is 2.81. The molecule has 0 aliphatic heterocycles. The highest BCUT2D eigenvalue weighted by Gasteiger charge is 2.50. The summed E-state index contributed by atoms with van der Waals surface area (Å²) in [4.78, 5) is 10.6. The van der Waals surface area contributed by atoms with Gasteiger partial charge in [-0.05, 0) is 12.0 Å². The molecule has 0 saturated heterocycles. The molecule has 0 unspecified atom stereocenters. The van der Waals surface area contributed by atoms with Crippen LogP contribution in [-0.4, -0.2) is 6.29 Å². The van der Waals surface area contributed by atoms with Gasteiger partial charge in [0.2, 0.25) is 0 Å². The van der Waals surface area contributed by atoms with Crippen LogP contribution in [0.4, 0.5) is 0 Å². The van der Waals surface area contributed by atoms with E-state index in [2.05, 4.69) is 19.1 Å². The second-order valence-electron chi connectivity index (χ2n) is 3.73. The Kier molecular flexibility index (Phi) is 1.53. The zero-order valence-corrected chi connectivity index (χ0v) is 7.16. The van der Waals surface area contributed by atoms with Gasteiger partial charge < -0.3 is 4.79 Å². The van der Waals surface area contributed by atoms with Gasteiger partial charge in [-0.2, -0.15) is 0 Å². The van der Waals surface area contributed by atoms with Gasteiger partial charge in [-0.1, -0.05) is 37.3 Å². The molecule has 1 saturated carbocycles. The molecule has 1 heteroatoms. The first-order valence-corrected chi connectivity index (χ1v) is 4.28. The molecule has 0 heterocycles. The Bertz CT molecular complexity index is 291. The van der Waals surface area contributed by atoms with E-state index in [4.69, 9.17) is 0 Å². The fourth-order valence-electron chi connectivity index (χ4n) is 1.75. The molecule has 0 N–H and O–H groups in total. The number of carbonyl (C=O) groups is 1. The summed E-state index contributed by atoms with van der Waals surface area (Å²) in [5.74, 6) is 0.250. The van der Waals surface area contributed by atoms with Gasteiger partial charge in [0.1, 0.15) is 6.29 Å². The molecule has 0 spiro atoms. The molecular weight excluding hydrogens is 148 g/mol. The summed E-state index contributed by atoms with van der Waals surface area (Å²) < 4.78 is 0. The molecule has 0 bridgehead atoms. The van der Waals surface area contributed by atoms with Crippen LogP contribution in [0.2, 0.25) is 0 Å². The van der Waals surface area contributed by atoms with Crippen molar-refractivity contribution in [2.45, 2.75) is 18.8 Å². The molecule has 1 aromatic carbocycles. The molecule has 0 aromatic heterocycles. The first kappa shape index (κ1) is 7.53. The molecule has 1 fully saturated rings. The van der Waals surface area contributed by atoms with Crippen molar-refractivity contribution in [1.82, 2.24) is 0 Å². The van der Waals surface area contributed by atoms with Gasteiger partial charge in [0.25, 0.3) is 0 Å². The van der Waals surface area contributed by atoms with Crippen LogP contribution < -0.4 is 0 Å². The van der Waals surface area contributed by atoms with Crippen LogP contribution in [0.3, 0.4) is 0 Å². The Balaban J connectivity index is 2.28. The second-order valence-corrected chi connectivity index (χ2v) is 3.73. The Morgan fingerprint density at radius 2 is 2.08 bits per heavy atom. The van der Waals surface area contributed by atoms with E-state index in [0.717, 1.165) is 12.7 Å². The largest absolute Gasteiger partial charge is 0.303 e. The van der Waals surface area contributed by atoms with Crippen molar-refractivity contribution >= 4 is 6.29 Å². The lowest BCUT2D eigenvalue weighted by Gasteiger charge is -2.08. The molecule has 1 aromatic rings. The summed E-state index contributed by atoms with van der Waals surface area (Å²) in [6, 6.07) is 10.3. The van der Waals surface area contributed by atoms with Gasteiger partial charge in [-0.3, -0.25) is 0 Å². The fraction of sp³-hybridized carbons (Fsp3) is 0.364. The van der Waals surface area contributed by atoms with E-state index in [1.54, 1.807) is 0 Å². The van der Waals surface area contributed by atoms with Crippen LogP contribution in [0.25, 0.3) is 0 Å². The molecule has 2 rings (SSSR count). The Hall–Kier alpha value is -1.11. The van der Waals surface area contributed by atoms with Crippen molar-refractivity contribution < 1.29 is 4.79 Å². The monoisotopic (exact) mass is 160 g/mol. The van der Waals surface area contributed by atoms with E-state index in [1.165, 1.54) is 5.56 Å². The summed E-state index contributed by atoms with van der Waals surface area (Å²) >= 11 is 0. The molecule has 62 valence electrons. The Morgan fingerprint density at radius 3 is 2.58 bits per heavy atom. The maximum atomic E-state index is 10.6. The number of hydrogen-bond acceptors (Lipinski definition) is 1. The van der Waals surface area contributed by atoms with Crippen molar-refractivity contribution in [2.75, 3.05) is 0 Å². The molecule has 0 radical (unpaired) electrons. The highest BCUT2D eigenvalue weighted by molar-refractivity contribution is 5.64. The van der Waals surface area contributed by atoms with Gasteiger partial charge in [-0.25, -0.2) is 0 Å². The van der Waals surface area contributed by atoms with E-state index in [0.29, 0.717) is 0 Å². The summed E-state index contributed by atoms with van der Waals surface area (Å²) in [6.45, 7) is 2.15. The minimum Gasteiger partial charge on any atom is -0.303 e. The lowest BCUT2D eigenvalue weighted by atomic mass is 9.96. The van der Waals surface area contributed by atoms with E-state index in [1.807, 2.05) is 18.2 Å². The maximum Gasteiger partial charge on any atom is 0.123 e. The minimum atomic E-state index is 0.142. The van der Waals surface area contributed by atoms with Crippen LogP contribution in [0.15, 0.2) is 30.3 Å². The second kappa shape index (κ2) is 2.44. The summed E-state index contributed by atoms with van der Waals surface area (Å²) in [7, 11) is 0. The third kappa shape index (κ3) is 0.970. The number of carbonyl (C=O) groups excluding carboxylic acids is 1. The van der Waals surface area contributed by atoms with Gasteiger partial charge in [-0.15, -0.1) is 0 Å². The molecule has 12 heavy (non-hydrogen) atoms. The van der Waals surface area contributed by atoms with Gasteiger partial charge >= 0.3 is 0 Å². The van der Waals surface area contributed by atoms with E-state index < -0.39 is 0 Å². The van der Waals surface area contributed by atoms with Gasteiger partial charge in [0, 0.05) is 11.3 Å². The quantitative estimate of drug-likeness (QED) is 0.606. The Labute approximate surface area is 72.4 Å². The molecule has 1 aliphatic carbocycles. The van der Waals surface area contributed by atoms with Crippen LogP contribution in [0, 0.1) is 5.92 Å². The van der Waals surface area contributed by atoms with Gasteiger partial charge in [0.15, 0.2) is 0 Å². The average molecular weight is 160 g/mol. The lowest BCUT2D eigenvalue weighted by Crippen LogP contribution is -2.04. The van der Waals surface area contributed by atoms with E-state index >= 15 is 0 Å². The standard InChI is InChI=1S/C11H12O/c1-11(7-10(11)8-12)9-5-3-2-4-6-9/h2-6,8,10H,7H2,1H3/t10-,11-/m1/s1. The SMILES string of the molecule is C[C@]1(c2ccccc2)C[C@@H]1C=O. The highest BCUT2D eigenvalue weighted by Crippen LogP contribution is 2.52. The zero-order valence-electron chi connectivity index (χ0n) is 7.16. The van der Waals surface area contributed by atoms with Crippen LogP contribution in [0.1, 0.15) is 18.9 Å². The fourth-order valence-corrected chi connectivity index (χ4v) is 1.75. The molecule has 1 nitrogen and oxygen atoms in total. The number of aldehydes is 1. The number of hydrogen-bond donors (Lipinski definition) is 0. The van der Waals surface area contributed by atoms with Crippen molar-refractivity contribution in [1.29, 1.82) is 0 Å². The third-order valence-electron chi connectivity index (χ3n) is 2.90. The molecule has 2 atom stereocenters. The highest BCUT2D eigenvalue weighted by atomic mass is 16.1. The molecular formula is C11H12O. The van der Waals surface area contributed by atoms with E-state index in [9.17, 15) is 4.79 Å². The predicted molar refractivity (Wildman–Crippen MR) is 48.0 cm³/mol. The molecule has 1 aliphatic rings. The topological polar surface area (TPSA) is 17.1 Å². The summed E-state index contributed by atoms with van der Waals surface area (Å²) in [6.07, 6.45) is 2.09. The van der Waals surface area contributed by atoms with Crippen LogP contribution in [0.5, 0.6) is 0 Å². The van der Waals surface area contributed by atoms with Crippen molar-refractivity contribution in [3.8, 4) is 0 Å². The van der Waals surface area contributed by atoms with Crippen molar-refractivity contribution in [3.05, 3.63) is 35.9 Å². The predicted octanol–water partition coefficient (Wildman–Crippen LogP) is 2.16. The first-order valence-electron chi connectivity index (χ1n) is 4.28. The zero-order chi connectivity index (χ0) is 8.60. The van der Waals surface area contributed by atoms with Crippen molar-refractivity contribution in [2.24, 2.45) is 5.92 Å².